The van der Waals surface area contributed by atoms with Crippen molar-refractivity contribution in [2.45, 2.75) is 40.2 Å². The van der Waals surface area contributed by atoms with E-state index in [-0.39, 0.29) is 23.3 Å². The monoisotopic (exact) mass is 263 g/mol. The van der Waals surface area contributed by atoms with Gasteiger partial charge in [0.15, 0.2) is 0 Å². The van der Waals surface area contributed by atoms with Crippen LogP contribution in [0.5, 0.6) is 0 Å². The molecule has 4 nitrogen and oxygen atoms in total. The van der Waals surface area contributed by atoms with Crippen LogP contribution in [0.4, 0.5) is 0 Å². The molecule has 1 aromatic heterocycles. The first-order chi connectivity index (χ1) is 8.83. The Morgan fingerprint density at radius 2 is 2.11 bits per heavy atom. The van der Waals surface area contributed by atoms with E-state index in [4.69, 9.17) is 5.73 Å². The highest BCUT2D eigenvalue weighted by Gasteiger charge is 2.24. The minimum absolute atomic E-state index is 0.00979. The highest BCUT2D eigenvalue weighted by atomic mass is 16.1. The number of amides is 1. The molecule has 1 unspecified atom stereocenters. The second-order valence-electron chi connectivity index (χ2n) is 6.18. The summed E-state index contributed by atoms with van der Waals surface area (Å²) >= 11 is 0. The molecule has 1 rings (SSSR count). The number of nitrogens with one attached hydrogen (secondary N) is 1. The summed E-state index contributed by atoms with van der Waals surface area (Å²) in [6.07, 6.45) is 2.51. The van der Waals surface area contributed by atoms with Gasteiger partial charge < -0.3 is 11.1 Å². The average molecular weight is 263 g/mol. The Morgan fingerprint density at radius 1 is 1.42 bits per heavy atom. The SMILES string of the molecule is C[C@@H](NC(=O)C(CN)CC(C)(C)C)c1ccccn1. The van der Waals surface area contributed by atoms with Crippen molar-refractivity contribution in [3.05, 3.63) is 30.1 Å². The highest BCUT2D eigenvalue weighted by Crippen LogP contribution is 2.24. The van der Waals surface area contributed by atoms with Gasteiger partial charge in [-0.05, 0) is 30.9 Å². The molecule has 1 amide bonds. The maximum absolute atomic E-state index is 12.2. The van der Waals surface area contributed by atoms with Crippen molar-refractivity contribution in [1.82, 2.24) is 10.3 Å². The van der Waals surface area contributed by atoms with Crippen molar-refractivity contribution < 1.29 is 4.79 Å². The van der Waals surface area contributed by atoms with Gasteiger partial charge in [0.25, 0.3) is 0 Å². The number of carbonyl (C=O) groups excluding carboxylic acids is 1. The fourth-order valence-electron chi connectivity index (χ4n) is 2.06. The minimum Gasteiger partial charge on any atom is -0.348 e. The number of nitrogens with zero attached hydrogens (tertiary/aromatic N) is 1. The van der Waals surface area contributed by atoms with Crippen LogP contribution in [-0.4, -0.2) is 17.4 Å². The van der Waals surface area contributed by atoms with Gasteiger partial charge in [0.1, 0.15) is 0 Å². The van der Waals surface area contributed by atoms with Crippen LogP contribution in [0.1, 0.15) is 45.9 Å². The van der Waals surface area contributed by atoms with Crippen molar-refractivity contribution in [2.75, 3.05) is 6.54 Å². The van der Waals surface area contributed by atoms with Gasteiger partial charge in [0, 0.05) is 12.7 Å². The van der Waals surface area contributed by atoms with Gasteiger partial charge in [0.2, 0.25) is 5.91 Å². The molecular formula is C15H25N3O. The van der Waals surface area contributed by atoms with Crippen LogP contribution in [0.3, 0.4) is 0 Å². The summed E-state index contributed by atoms with van der Waals surface area (Å²) in [5, 5.41) is 2.99. The number of hydrogen-bond acceptors (Lipinski definition) is 3. The quantitative estimate of drug-likeness (QED) is 0.856. The van der Waals surface area contributed by atoms with Gasteiger partial charge in [-0.3, -0.25) is 9.78 Å². The van der Waals surface area contributed by atoms with Gasteiger partial charge in [-0.1, -0.05) is 26.8 Å². The number of carbonyl (C=O) groups is 1. The van der Waals surface area contributed by atoms with Crippen molar-refractivity contribution in [3.8, 4) is 0 Å². The van der Waals surface area contributed by atoms with Gasteiger partial charge in [-0.25, -0.2) is 0 Å². The number of hydrogen-bond donors (Lipinski definition) is 2. The van der Waals surface area contributed by atoms with E-state index in [2.05, 4.69) is 31.1 Å². The lowest BCUT2D eigenvalue weighted by molar-refractivity contribution is -0.126. The molecule has 0 saturated carbocycles. The van der Waals surface area contributed by atoms with E-state index in [1.54, 1.807) is 6.20 Å². The molecule has 1 aromatic rings. The number of nitrogens with two attached hydrogens (primary N) is 1. The third-order valence-electron chi connectivity index (χ3n) is 3.00. The maximum atomic E-state index is 12.2. The largest absolute Gasteiger partial charge is 0.348 e. The topological polar surface area (TPSA) is 68.0 Å². The van der Waals surface area contributed by atoms with E-state index in [9.17, 15) is 4.79 Å². The Morgan fingerprint density at radius 3 is 2.58 bits per heavy atom. The van der Waals surface area contributed by atoms with E-state index in [0.29, 0.717) is 6.54 Å². The zero-order valence-electron chi connectivity index (χ0n) is 12.3. The number of aromatic nitrogens is 1. The normalized spacial score (nSPS) is 14.8. The standard InChI is InChI=1S/C15H25N3O/c1-11(13-7-5-6-8-17-13)18-14(19)12(10-16)9-15(2,3)4/h5-8,11-12H,9-10,16H2,1-4H3,(H,18,19)/t11-,12?/m1/s1. The molecule has 0 aliphatic heterocycles. The summed E-state index contributed by atoms with van der Waals surface area (Å²) < 4.78 is 0. The Balaban J connectivity index is 2.62. The third kappa shape index (κ3) is 5.39. The van der Waals surface area contributed by atoms with Crippen molar-refractivity contribution in [3.63, 3.8) is 0 Å². The molecule has 0 aromatic carbocycles. The summed E-state index contributed by atoms with van der Waals surface area (Å²) in [5.74, 6) is -0.137. The van der Waals surface area contributed by atoms with Gasteiger partial charge >= 0.3 is 0 Å². The summed E-state index contributed by atoms with van der Waals surface area (Å²) in [4.78, 5) is 16.5. The lowest BCUT2D eigenvalue weighted by Crippen LogP contribution is -2.38. The van der Waals surface area contributed by atoms with E-state index >= 15 is 0 Å². The highest BCUT2D eigenvalue weighted by molar-refractivity contribution is 5.79. The number of pyridine rings is 1. The van der Waals surface area contributed by atoms with Gasteiger partial charge in [0.05, 0.1) is 17.7 Å². The molecule has 0 spiro atoms. The summed E-state index contributed by atoms with van der Waals surface area (Å²) in [6, 6.07) is 5.59. The van der Waals surface area contributed by atoms with Crippen LogP contribution < -0.4 is 11.1 Å². The minimum atomic E-state index is -0.147. The van der Waals surface area contributed by atoms with Crippen LogP contribution >= 0.6 is 0 Å². The third-order valence-corrected chi connectivity index (χ3v) is 3.00. The molecule has 0 aliphatic rings. The Bertz CT molecular complexity index is 398. The Labute approximate surface area is 115 Å². The molecule has 4 heteroatoms. The van der Waals surface area contributed by atoms with Crippen molar-refractivity contribution >= 4 is 5.91 Å². The second kappa shape index (κ2) is 6.66. The molecule has 0 fully saturated rings. The fraction of sp³-hybridized carbons (Fsp3) is 0.600. The van der Waals surface area contributed by atoms with Gasteiger partial charge in [-0.15, -0.1) is 0 Å². The average Bonchev–Trinajstić information content (AvgIpc) is 2.35. The number of rotatable bonds is 5. The predicted molar refractivity (Wildman–Crippen MR) is 77.4 cm³/mol. The zero-order chi connectivity index (χ0) is 14.5. The second-order valence-corrected chi connectivity index (χ2v) is 6.18. The fourth-order valence-corrected chi connectivity index (χ4v) is 2.06. The van der Waals surface area contributed by atoms with Crippen molar-refractivity contribution in [1.29, 1.82) is 0 Å². The molecule has 3 N–H and O–H groups in total. The maximum Gasteiger partial charge on any atom is 0.224 e. The van der Waals surface area contributed by atoms with Crippen LogP contribution in [0.15, 0.2) is 24.4 Å². The molecule has 19 heavy (non-hydrogen) atoms. The van der Waals surface area contributed by atoms with Gasteiger partial charge in [-0.2, -0.15) is 0 Å². The molecule has 1 heterocycles. The van der Waals surface area contributed by atoms with Crippen molar-refractivity contribution in [2.24, 2.45) is 17.1 Å². The summed E-state index contributed by atoms with van der Waals surface area (Å²) in [5.41, 5.74) is 6.67. The Kier molecular flexibility index (Phi) is 5.48. The molecule has 0 radical (unpaired) electrons. The molecule has 2 atom stereocenters. The first-order valence-electron chi connectivity index (χ1n) is 6.75. The van der Waals surface area contributed by atoms with E-state index < -0.39 is 0 Å². The molecule has 0 bridgehead atoms. The van der Waals surface area contributed by atoms with Crippen LogP contribution in [0.25, 0.3) is 0 Å². The van der Waals surface area contributed by atoms with E-state index in [1.807, 2.05) is 25.1 Å². The van der Waals surface area contributed by atoms with Crippen LogP contribution in [0.2, 0.25) is 0 Å². The van der Waals surface area contributed by atoms with E-state index in [1.165, 1.54) is 0 Å². The molecule has 0 saturated heterocycles. The smallest absolute Gasteiger partial charge is 0.224 e. The summed E-state index contributed by atoms with van der Waals surface area (Å²) in [7, 11) is 0. The van der Waals surface area contributed by atoms with Crippen LogP contribution in [-0.2, 0) is 4.79 Å². The molecular weight excluding hydrogens is 238 g/mol. The predicted octanol–water partition coefficient (Wildman–Crippen LogP) is 2.27. The lowest BCUT2D eigenvalue weighted by Gasteiger charge is -2.25. The first kappa shape index (κ1) is 15.6. The first-order valence-corrected chi connectivity index (χ1v) is 6.75. The Hall–Kier alpha value is -1.42. The molecule has 0 aliphatic carbocycles. The molecule has 106 valence electrons. The summed E-state index contributed by atoms with van der Waals surface area (Å²) in [6.45, 7) is 8.66. The van der Waals surface area contributed by atoms with Crippen LogP contribution in [0, 0.1) is 11.3 Å². The van der Waals surface area contributed by atoms with E-state index in [0.717, 1.165) is 12.1 Å². The lowest BCUT2D eigenvalue weighted by atomic mass is 9.84. The zero-order valence-corrected chi connectivity index (χ0v) is 12.3.